The second-order valence-electron chi connectivity index (χ2n) is 6.24. The molecule has 7 nitrogen and oxygen atoms in total. The van der Waals surface area contributed by atoms with Crippen molar-refractivity contribution in [3.8, 4) is 11.5 Å². The zero-order chi connectivity index (χ0) is 20.9. The number of carbonyl (C=O) groups is 2. The smallest absolute Gasteiger partial charge is 0.234 e. The van der Waals surface area contributed by atoms with Crippen LogP contribution in [0.5, 0.6) is 11.5 Å². The van der Waals surface area contributed by atoms with E-state index in [1.807, 2.05) is 5.38 Å². The van der Waals surface area contributed by atoms with Crippen LogP contribution in [-0.2, 0) is 16.0 Å². The van der Waals surface area contributed by atoms with E-state index >= 15 is 0 Å². The molecule has 0 aliphatic carbocycles. The molecule has 4 rings (SSSR count). The molecule has 2 amide bonds. The number of thioether (sulfide) groups is 1. The molecule has 2 N–H and O–H groups in total. The molecule has 2 heterocycles. The molecule has 1 aliphatic heterocycles. The van der Waals surface area contributed by atoms with Gasteiger partial charge in [0.15, 0.2) is 15.8 Å². The Morgan fingerprint density at radius 1 is 1.03 bits per heavy atom. The molecule has 1 aliphatic rings. The molecule has 0 atom stereocenters. The van der Waals surface area contributed by atoms with Gasteiger partial charge in [-0.1, -0.05) is 23.4 Å². The first-order valence-electron chi connectivity index (χ1n) is 8.87. The minimum absolute atomic E-state index is 0.139. The molecule has 3 aromatic rings. The summed E-state index contributed by atoms with van der Waals surface area (Å²) in [7, 11) is 0. The lowest BCUT2D eigenvalue weighted by atomic mass is 10.2. The van der Waals surface area contributed by atoms with Gasteiger partial charge in [-0.05, 0) is 36.4 Å². The Bertz CT molecular complexity index is 1070. The molecule has 10 heteroatoms. The number of anilines is 2. The van der Waals surface area contributed by atoms with E-state index in [1.54, 1.807) is 42.5 Å². The van der Waals surface area contributed by atoms with Gasteiger partial charge >= 0.3 is 0 Å². The number of fused-ring (bicyclic) bond motifs is 1. The van der Waals surface area contributed by atoms with Gasteiger partial charge < -0.3 is 20.1 Å². The SMILES string of the molecule is O=C(CSc1nc(CC(=O)Nc2ccc3c(c2)OCO3)cs1)Nc1ccc(Cl)cc1. The van der Waals surface area contributed by atoms with Gasteiger partial charge in [-0.3, -0.25) is 9.59 Å². The van der Waals surface area contributed by atoms with E-state index in [1.165, 1.54) is 23.1 Å². The number of aromatic nitrogens is 1. The maximum atomic E-state index is 12.3. The van der Waals surface area contributed by atoms with Crippen molar-refractivity contribution in [2.75, 3.05) is 23.2 Å². The monoisotopic (exact) mass is 461 g/mol. The van der Waals surface area contributed by atoms with Crippen molar-refractivity contribution in [2.45, 2.75) is 10.8 Å². The van der Waals surface area contributed by atoms with E-state index in [9.17, 15) is 9.59 Å². The minimum Gasteiger partial charge on any atom is -0.454 e. The van der Waals surface area contributed by atoms with Crippen LogP contribution >= 0.6 is 34.7 Å². The molecule has 0 unspecified atom stereocenters. The topological polar surface area (TPSA) is 89.6 Å². The molecular formula is C20H16ClN3O4S2. The summed E-state index contributed by atoms with van der Waals surface area (Å²) < 4.78 is 11.3. The Morgan fingerprint density at radius 2 is 1.77 bits per heavy atom. The lowest BCUT2D eigenvalue weighted by Gasteiger charge is -2.05. The lowest BCUT2D eigenvalue weighted by Crippen LogP contribution is -2.14. The van der Waals surface area contributed by atoms with Gasteiger partial charge in [0.05, 0.1) is 17.9 Å². The number of thiazole rings is 1. The minimum atomic E-state index is -0.184. The van der Waals surface area contributed by atoms with Crippen LogP contribution in [-0.4, -0.2) is 29.3 Å². The Morgan fingerprint density at radius 3 is 2.60 bits per heavy atom. The second-order valence-corrected chi connectivity index (χ2v) is 8.76. The van der Waals surface area contributed by atoms with Crippen LogP contribution in [0, 0.1) is 0 Å². The third-order valence-corrected chi connectivity index (χ3v) is 6.31. The first-order valence-corrected chi connectivity index (χ1v) is 11.1. The maximum absolute atomic E-state index is 12.3. The Kier molecular flexibility index (Phi) is 6.41. The predicted octanol–water partition coefficient (Wildman–Crippen LogP) is 4.44. The fourth-order valence-electron chi connectivity index (χ4n) is 2.64. The van der Waals surface area contributed by atoms with E-state index < -0.39 is 0 Å². The van der Waals surface area contributed by atoms with Gasteiger partial charge in [0, 0.05) is 27.8 Å². The summed E-state index contributed by atoms with van der Waals surface area (Å²) in [5.41, 5.74) is 1.97. The normalized spacial score (nSPS) is 11.9. The van der Waals surface area contributed by atoms with Gasteiger partial charge in [-0.25, -0.2) is 4.98 Å². The number of rotatable bonds is 7. The molecule has 0 saturated heterocycles. The predicted molar refractivity (Wildman–Crippen MR) is 118 cm³/mol. The van der Waals surface area contributed by atoms with Gasteiger partial charge in [0.1, 0.15) is 0 Å². The number of amides is 2. The average molecular weight is 462 g/mol. The van der Waals surface area contributed by atoms with Crippen LogP contribution in [0.25, 0.3) is 0 Å². The number of nitrogens with one attached hydrogen (secondary N) is 2. The van der Waals surface area contributed by atoms with E-state index in [0.29, 0.717) is 33.6 Å². The fraction of sp³-hybridized carbons (Fsp3) is 0.150. The fourth-order valence-corrected chi connectivity index (χ4v) is 4.41. The molecule has 0 saturated carbocycles. The molecule has 0 radical (unpaired) electrons. The van der Waals surface area contributed by atoms with E-state index in [-0.39, 0.29) is 30.8 Å². The first kappa shape index (κ1) is 20.5. The third kappa shape index (κ3) is 5.44. The summed E-state index contributed by atoms with van der Waals surface area (Å²) in [5, 5.41) is 8.05. The summed E-state index contributed by atoms with van der Waals surface area (Å²) in [6.07, 6.45) is 0.141. The van der Waals surface area contributed by atoms with Crippen molar-refractivity contribution in [3.05, 3.63) is 58.6 Å². The molecular weight excluding hydrogens is 446 g/mol. The van der Waals surface area contributed by atoms with Gasteiger partial charge in [0.25, 0.3) is 0 Å². The third-order valence-electron chi connectivity index (χ3n) is 3.98. The van der Waals surface area contributed by atoms with Crippen molar-refractivity contribution < 1.29 is 19.1 Å². The summed E-state index contributed by atoms with van der Waals surface area (Å²) in [5.74, 6) is 1.17. The number of halogens is 1. The van der Waals surface area contributed by atoms with Crippen LogP contribution in [0.2, 0.25) is 5.02 Å². The van der Waals surface area contributed by atoms with Gasteiger partial charge in [-0.15, -0.1) is 11.3 Å². The van der Waals surface area contributed by atoms with Crippen LogP contribution in [0.4, 0.5) is 11.4 Å². The number of carbonyl (C=O) groups excluding carboxylic acids is 2. The molecule has 154 valence electrons. The highest BCUT2D eigenvalue weighted by Gasteiger charge is 2.15. The average Bonchev–Trinajstić information content (AvgIpc) is 3.37. The zero-order valence-corrected chi connectivity index (χ0v) is 17.9. The van der Waals surface area contributed by atoms with Crippen LogP contribution in [0.15, 0.2) is 52.2 Å². The quantitative estimate of drug-likeness (QED) is 0.506. The molecule has 30 heavy (non-hydrogen) atoms. The number of hydrogen-bond donors (Lipinski definition) is 2. The largest absolute Gasteiger partial charge is 0.454 e. The van der Waals surface area contributed by atoms with E-state index in [2.05, 4.69) is 15.6 Å². The number of nitrogens with zero attached hydrogens (tertiary/aromatic N) is 1. The number of benzene rings is 2. The Balaban J connectivity index is 1.25. The maximum Gasteiger partial charge on any atom is 0.234 e. The first-order chi connectivity index (χ1) is 14.5. The van der Waals surface area contributed by atoms with Crippen molar-refractivity contribution in [1.29, 1.82) is 0 Å². The second kappa shape index (κ2) is 9.38. The lowest BCUT2D eigenvalue weighted by molar-refractivity contribution is -0.116. The van der Waals surface area contributed by atoms with Crippen molar-refractivity contribution in [1.82, 2.24) is 4.98 Å². The highest BCUT2D eigenvalue weighted by molar-refractivity contribution is 8.01. The number of hydrogen-bond acceptors (Lipinski definition) is 7. The molecule has 1 aromatic heterocycles. The highest BCUT2D eigenvalue weighted by atomic mass is 35.5. The Labute approximate surface area is 185 Å². The summed E-state index contributed by atoms with van der Waals surface area (Å²) >= 11 is 8.56. The van der Waals surface area contributed by atoms with Crippen LogP contribution in [0.3, 0.4) is 0 Å². The molecule has 0 bridgehead atoms. The molecule has 0 spiro atoms. The van der Waals surface area contributed by atoms with Crippen LogP contribution < -0.4 is 20.1 Å². The molecule has 0 fully saturated rings. The van der Waals surface area contributed by atoms with Crippen molar-refractivity contribution in [2.24, 2.45) is 0 Å². The zero-order valence-electron chi connectivity index (χ0n) is 15.5. The van der Waals surface area contributed by atoms with Gasteiger partial charge in [0.2, 0.25) is 18.6 Å². The highest BCUT2D eigenvalue weighted by Crippen LogP contribution is 2.34. The van der Waals surface area contributed by atoms with E-state index in [4.69, 9.17) is 21.1 Å². The molecule has 2 aromatic carbocycles. The van der Waals surface area contributed by atoms with Crippen molar-refractivity contribution in [3.63, 3.8) is 0 Å². The van der Waals surface area contributed by atoms with Crippen LogP contribution in [0.1, 0.15) is 5.69 Å². The standard InChI is InChI=1S/C20H16ClN3O4S2/c21-12-1-3-13(4-2-12)22-19(26)10-30-20-24-15(9-29-20)8-18(25)23-14-5-6-16-17(7-14)28-11-27-16/h1-7,9H,8,10-11H2,(H,22,26)(H,23,25). The summed E-state index contributed by atoms with van der Waals surface area (Å²) in [6.45, 7) is 0.184. The summed E-state index contributed by atoms with van der Waals surface area (Å²) in [4.78, 5) is 28.8. The van der Waals surface area contributed by atoms with Crippen molar-refractivity contribution >= 4 is 57.9 Å². The van der Waals surface area contributed by atoms with Gasteiger partial charge in [-0.2, -0.15) is 0 Å². The Hall–Kier alpha value is -2.75. The van der Waals surface area contributed by atoms with E-state index in [0.717, 1.165) is 4.34 Å². The summed E-state index contributed by atoms with van der Waals surface area (Å²) in [6, 6.07) is 12.1. The number of ether oxygens (including phenoxy) is 2.